The van der Waals surface area contributed by atoms with Crippen molar-refractivity contribution in [2.24, 2.45) is 5.73 Å². The standard InChI is InChI=1S/C15H17NO4S/c1-20-15(17)10-21(18,19)9-14(16)13-8-4-6-11-5-2-3-7-12(11)13/h2-8,14H,9-10,16H2,1H3. The summed E-state index contributed by atoms with van der Waals surface area (Å²) in [6.07, 6.45) is 0. The molecular weight excluding hydrogens is 290 g/mol. The van der Waals surface area contributed by atoms with Gasteiger partial charge in [0.25, 0.3) is 0 Å². The van der Waals surface area contributed by atoms with E-state index in [4.69, 9.17) is 5.73 Å². The predicted molar refractivity (Wildman–Crippen MR) is 81.5 cm³/mol. The normalized spacial score (nSPS) is 13.0. The third-order valence-electron chi connectivity index (χ3n) is 3.22. The Morgan fingerprint density at radius 2 is 1.86 bits per heavy atom. The van der Waals surface area contributed by atoms with Gasteiger partial charge in [0.1, 0.15) is 5.75 Å². The summed E-state index contributed by atoms with van der Waals surface area (Å²) in [6.45, 7) is 0. The molecule has 2 aromatic rings. The van der Waals surface area contributed by atoms with Gasteiger partial charge in [-0.3, -0.25) is 4.79 Å². The average Bonchev–Trinajstić information content (AvgIpc) is 2.45. The lowest BCUT2D eigenvalue weighted by Crippen LogP contribution is -2.27. The number of ether oxygens (including phenoxy) is 1. The van der Waals surface area contributed by atoms with Crippen LogP contribution >= 0.6 is 0 Å². The molecule has 5 nitrogen and oxygen atoms in total. The summed E-state index contributed by atoms with van der Waals surface area (Å²) in [4.78, 5) is 11.1. The number of esters is 1. The lowest BCUT2D eigenvalue weighted by Gasteiger charge is -2.14. The predicted octanol–water partition coefficient (Wildman–Crippen LogP) is 1.43. The van der Waals surface area contributed by atoms with Crippen molar-refractivity contribution in [3.05, 3.63) is 48.0 Å². The zero-order valence-electron chi connectivity index (χ0n) is 11.7. The van der Waals surface area contributed by atoms with Crippen molar-refractivity contribution in [3.63, 3.8) is 0 Å². The van der Waals surface area contributed by atoms with Gasteiger partial charge in [-0.25, -0.2) is 8.42 Å². The van der Waals surface area contributed by atoms with Gasteiger partial charge in [-0.1, -0.05) is 42.5 Å². The summed E-state index contributed by atoms with van der Waals surface area (Å²) in [5.41, 5.74) is 6.78. The Kier molecular flexibility index (Phi) is 4.59. The molecule has 0 aliphatic carbocycles. The molecule has 0 aromatic heterocycles. The van der Waals surface area contributed by atoms with Crippen LogP contribution in [0, 0.1) is 0 Å². The molecule has 0 bridgehead atoms. The number of sulfone groups is 1. The molecule has 21 heavy (non-hydrogen) atoms. The molecule has 1 atom stereocenters. The Labute approximate surface area is 123 Å². The number of carbonyl (C=O) groups is 1. The number of methoxy groups -OCH3 is 1. The van der Waals surface area contributed by atoms with Crippen molar-refractivity contribution in [1.82, 2.24) is 0 Å². The Morgan fingerprint density at radius 3 is 2.57 bits per heavy atom. The molecule has 0 saturated heterocycles. The Bertz CT molecular complexity index is 750. The van der Waals surface area contributed by atoms with E-state index in [9.17, 15) is 13.2 Å². The first kappa shape index (κ1) is 15.5. The minimum absolute atomic E-state index is 0.296. The molecule has 0 fully saturated rings. The zero-order valence-corrected chi connectivity index (χ0v) is 12.5. The van der Waals surface area contributed by atoms with Gasteiger partial charge in [-0.2, -0.15) is 0 Å². The van der Waals surface area contributed by atoms with Crippen molar-refractivity contribution in [3.8, 4) is 0 Å². The number of hydrogen-bond donors (Lipinski definition) is 1. The van der Waals surface area contributed by atoms with Crippen LogP contribution in [0.3, 0.4) is 0 Å². The molecule has 0 spiro atoms. The lowest BCUT2D eigenvalue weighted by molar-refractivity contribution is -0.137. The molecule has 0 saturated carbocycles. The van der Waals surface area contributed by atoms with E-state index in [1.165, 1.54) is 0 Å². The van der Waals surface area contributed by atoms with Crippen molar-refractivity contribution >= 4 is 26.6 Å². The third-order valence-corrected chi connectivity index (χ3v) is 4.76. The van der Waals surface area contributed by atoms with Crippen LogP contribution in [0.15, 0.2) is 42.5 Å². The highest BCUT2D eigenvalue weighted by Crippen LogP contribution is 2.24. The summed E-state index contributed by atoms with van der Waals surface area (Å²) < 4.78 is 28.3. The van der Waals surface area contributed by atoms with E-state index in [0.717, 1.165) is 23.4 Å². The number of rotatable bonds is 5. The summed E-state index contributed by atoms with van der Waals surface area (Å²) in [5.74, 6) is -1.72. The van der Waals surface area contributed by atoms with Crippen molar-refractivity contribution < 1.29 is 17.9 Å². The van der Waals surface area contributed by atoms with E-state index in [2.05, 4.69) is 4.74 Å². The average molecular weight is 307 g/mol. The van der Waals surface area contributed by atoms with Gasteiger partial charge >= 0.3 is 5.97 Å². The maximum absolute atomic E-state index is 11.9. The van der Waals surface area contributed by atoms with Crippen molar-refractivity contribution in [1.29, 1.82) is 0 Å². The van der Waals surface area contributed by atoms with Gasteiger partial charge in [0.05, 0.1) is 12.9 Å². The van der Waals surface area contributed by atoms with Gasteiger partial charge < -0.3 is 10.5 Å². The molecule has 2 rings (SSSR count). The van der Waals surface area contributed by atoms with Crippen LogP contribution < -0.4 is 5.73 Å². The molecule has 0 aliphatic rings. The number of carbonyl (C=O) groups excluding carboxylic acids is 1. The second-order valence-electron chi connectivity index (χ2n) is 4.81. The molecule has 0 radical (unpaired) electrons. The third kappa shape index (κ3) is 3.80. The maximum Gasteiger partial charge on any atom is 0.320 e. The van der Waals surface area contributed by atoms with Crippen LogP contribution in [-0.4, -0.2) is 33.0 Å². The van der Waals surface area contributed by atoms with Crippen LogP contribution in [0.1, 0.15) is 11.6 Å². The van der Waals surface area contributed by atoms with Gasteiger partial charge in [0.2, 0.25) is 0 Å². The zero-order chi connectivity index (χ0) is 15.5. The van der Waals surface area contributed by atoms with Crippen LogP contribution in [0.2, 0.25) is 0 Å². The second kappa shape index (κ2) is 6.24. The van der Waals surface area contributed by atoms with E-state index in [1.54, 1.807) is 6.07 Å². The van der Waals surface area contributed by atoms with E-state index >= 15 is 0 Å². The first-order valence-corrected chi connectivity index (χ1v) is 8.25. The topological polar surface area (TPSA) is 86.5 Å². The highest BCUT2D eigenvalue weighted by Gasteiger charge is 2.22. The van der Waals surface area contributed by atoms with Crippen LogP contribution in [0.25, 0.3) is 10.8 Å². The highest BCUT2D eigenvalue weighted by atomic mass is 32.2. The summed E-state index contributed by atoms with van der Waals surface area (Å²) in [5, 5.41) is 1.91. The van der Waals surface area contributed by atoms with E-state index in [0.29, 0.717) is 0 Å². The van der Waals surface area contributed by atoms with Crippen LogP contribution in [-0.2, 0) is 19.4 Å². The van der Waals surface area contributed by atoms with E-state index < -0.39 is 27.6 Å². The van der Waals surface area contributed by atoms with Crippen LogP contribution in [0.4, 0.5) is 0 Å². The number of benzene rings is 2. The van der Waals surface area contributed by atoms with Gasteiger partial charge in [0.15, 0.2) is 9.84 Å². The number of nitrogens with two attached hydrogens (primary N) is 1. The Balaban J connectivity index is 2.27. The monoisotopic (exact) mass is 307 g/mol. The molecule has 2 N–H and O–H groups in total. The fourth-order valence-electron chi connectivity index (χ4n) is 2.23. The molecule has 0 aliphatic heterocycles. The summed E-state index contributed by atoms with van der Waals surface area (Å²) >= 11 is 0. The molecule has 0 heterocycles. The highest BCUT2D eigenvalue weighted by molar-refractivity contribution is 7.92. The molecule has 112 valence electrons. The van der Waals surface area contributed by atoms with Gasteiger partial charge in [0, 0.05) is 6.04 Å². The first-order valence-electron chi connectivity index (χ1n) is 6.43. The Morgan fingerprint density at radius 1 is 1.19 bits per heavy atom. The van der Waals surface area contributed by atoms with Gasteiger partial charge in [-0.05, 0) is 16.3 Å². The molecular formula is C15H17NO4S. The fourth-order valence-corrected chi connectivity index (χ4v) is 3.56. The molecule has 0 amide bonds. The largest absolute Gasteiger partial charge is 0.468 e. The van der Waals surface area contributed by atoms with Crippen molar-refractivity contribution in [2.75, 3.05) is 18.6 Å². The van der Waals surface area contributed by atoms with Crippen molar-refractivity contribution in [2.45, 2.75) is 6.04 Å². The molecule has 1 unspecified atom stereocenters. The van der Waals surface area contributed by atoms with Crippen LogP contribution in [0.5, 0.6) is 0 Å². The smallest absolute Gasteiger partial charge is 0.320 e. The Hall–Kier alpha value is -1.92. The minimum atomic E-state index is -3.61. The second-order valence-corrected chi connectivity index (χ2v) is 6.91. The number of hydrogen-bond acceptors (Lipinski definition) is 5. The van der Waals surface area contributed by atoms with Gasteiger partial charge in [-0.15, -0.1) is 0 Å². The first-order chi connectivity index (χ1) is 9.93. The van der Waals surface area contributed by atoms with E-state index in [1.807, 2.05) is 36.4 Å². The quantitative estimate of drug-likeness (QED) is 0.844. The summed E-state index contributed by atoms with van der Waals surface area (Å²) in [7, 11) is -2.45. The summed E-state index contributed by atoms with van der Waals surface area (Å²) in [6, 6.07) is 12.5. The SMILES string of the molecule is COC(=O)CS(=O)(=O)CC(N)c1cccc2ccccc12. The minimum Gasteiger partial charge on any atom is -0.468 e. The van der Waals surface area contributed by atoms with E-state index in [-0.39, 0.29) is 5.75 Å². The maximum atomic E-state index is 11.9. The number of fused-ring (bicyclic) bond motifs is 1. The lowest BCUT2D eigenvalue weighted by atomic mass is 10.0. The molecule has 2 aromatic carbocycles. The fraction of sp³-hybridized carbons (Fsp3) is 0.267. The molecule has 6 heteroatoms.